The Hall–Kier alpha value is -2.02. The molecule has 7 nitrogen and oxygen atoms in total. The summed E-state index contributed by atoms with van der Waals surface area (Å²) in [6.07, 6.45) is 5.97. The quantitative estimate of drug-likeness (QED) is 0.785. The molecule has 2 saturated heterocycles. The highest BCUT2D eigenvalue weighted by molar-refractivity contribution is 5.80. The van der Waals surface area contributed by atoms with Gasteiger partial charge in [-0.2, -0.15) is 0 Å². The molecule has 2 amide bonds. The number of nitrogens with zero attached hydrogens (tertiary/aromatic N) is 4. The molecule has 7 heteroatoms. The van der Waals surface area contributed by atoms with Crippen molar-refractivity contribution in [2.75, 3.05) is 39.4 Å². The molecule has 1 aromatic heterocycles. The minimum Gasteiger partial charge on any atom is -0.379 e. The third-order valence-electron chi connectivity index (χ3n) is 4.60. The topological polar surface area (TPSA) is 75.6 Å². The van der Waals surface area contributed by atoms with Crippen LogP contribution in [0.15, 0.2) is 18.6 Å². The summed E-state index contributed by atoms with van der Waals surface area (Å²) in [7, 11) is 0. The van der Waals surface area contributed by atoms with E-state index in [4.69, 9.17) is 4.74 Å². The molecule has 0 aliphatic carbocycles. The number of hydrogen-bond donors (Lipinski definition) is 0. The van der Waals surface area contributed by atoms with Crippen LogP contribution in [0.1, 0.15) is 25.0 Å². The van der Waals surface area contributed by atoms with E-state index in [1.165, 1.54) is 0 Å². The van der Waals surface area contributed by atoms with E-state index in [1.54, 1.807) is 17.4 Å². The highest BCUT2D eigenvalue weighted by Crippen LogP contribution is 2.14. The molecule has 1 atom stereocenters. The van der Waals surface area contributed by atoms with Gasteiger partial charge in [0, 0.05) is 56.8 Å². The van der Waals surface area contributed by atoms with Crippen LogP contribution in [-0.4, -0.2) is 71.0 Å². The first-order chi connectivity index (χ1) is 11.7. The first-order valence-corrected chi connectivity index (χ1v) is 8.60. The lowest BCUT2D eigenvalue weighted by Crippen LogP contribution is -2.38. The van der Waals surface area contributed by atoms with E-state index < -0.39 is 0 Å². The average Bonchev–Trinajstić information content (AvgIpc) is 2.86. The van der Waals surface area contributed by atoms with Gasteiger partial charge in [0.2, 0.25) is 11.8 Å². The summed E-state index contributed by atoms with van der Waals surface area (Å²) in [4.78, 5) is 36.0. The first kappa shape index (κ1) is 16.8. The maximum Gasteiger partial charge on any atom is 0.224 e. The van der Waals surface area contributed by atoms with Gasteiger partial charge >= 0.3 is 0 Å². The lowest BCUT2D eigenvalue weighted by Gasteiger charge is -2.24. The van der Waals surface area contributed by atoms with E-state index in [0.29, 0.717) is 45.7 Å². The molecule has 130 valence electrons. The summed E-state index contributed by atoms with van der Waals surface area (Å²) >= 11 is 0. The van der Waals surface area contributed by atoms with Gasteiger partial charge in [0.15, 0.2) is 0 Å². The van der Waals surface area contributed by atoms with Gasteiger partial charge in [-0.25, -0.2) is 9.97 Å². The molecule has 0 radical (unpaired) electrons. The third-order valence-corrected chi connectivity index (χ3v) is 4.60. The van der Waals surface area contributed by atoms with Crippen LogP contribution in [0.25, 0.3) is 0 Å². The second-order valence-electron chi connectivity index (χ2n) is 6.42. The minimum atomic E-state index is 0.105. The standard InChI is InChI=1S/C17H24N4O3/c22-16-2-1-6-20(16)7-4-17(23)21-8-9-24-12-14(11-21)10-15-3-5-18-13-19-15/h3,5,13-14H,1-2,4,6-12H2. The Balaban J connectivity index is 1.52. The van der Waals surface area contributed by atoms with E-state index in [-0.39, 0.29) is 17.7 Å². The van der Waals surface area contributed by atoms with Crippen LogP contribution < -0.4 is 0 Å². The molecule has 2 fully saturated rings. The SMILES string of the molecule is O=C1CCCN1CCC(=O)N1CCOCC(Cc2ccncn2)C1. The zero-order valence-corrected chi connectivity index (χ0v) is 13.9. The Morgan fingerprint density at radius 1 is 1.38 bits per heavy atom. The molecule has 0 spiro atoms. The number of likely N-dealkylation sites (tertiary alicyclic amines) is 1. The average molecular weight is 332 g/mol. The molecule has 1 unspecified atom stereocenters. The maximum atomic E-state index is 12.5. The van der Waals surface area contributed by atoms with Crippen molar-refractivity contribution in [3.63, 3.8) is 0 Å². The van der Waals surface area contributed by atoms with E-state index >= 15 is 0 Å². The number of amides is 2. The van der Waals surface area contributed by atoms with Crippen molar-refractivity contribution >= 4 is 11.8 Å². The van der Waals surface area contributed by atoms with Crippen LogP contribution in [0, 0.1) is 5.92 Å². The summed E-state index contributed by atoms with van der Waals surface area (Å²) in [5.74, 6) is 0.510. The molecular formula is C17H24N4O3. The molecule has 3 rings (SSSR count). The zero-order chi connectivity index (χ0) is 16.8. The molecule has 3 heterocycles. The van der Waals surface area contributed by atoms with Crippen LogP contribution in [0.5, 0.6) is 0 Å². The lowest BCUT2D eigenvalue weighted by atomic mass is 10.0. The van der Waals surface area contributed by atoms with Gasteiger partial charge in [0.25, 0.3) is 0 Å². The first-order valence-electron chi connectivity index (χ1n) is 8.60. The van der Waals surface area contributed by atoms with Gasteiger partial charge in [-0.1, -0.05) is 0 Å². The molecule has 0 aromatic carbocycles. The van der Waals surface area contributed by atoms with Gasteiger partial charge in [0.05, 0.1) is 13.2 Å². The molecule has 2 aliphatic rings. The van der Waals surface area contributed by atoms with Gasteiger partial charge in [-0.3, -0.25) is 9.59 Å². The maximum absolute atomic E-state index is 12.5. The van der Waals surface area contributed by atoms with Gasteiger partial charge < -0.3 is 14.5 Å². The van der Waals surface area contributed by atoms with Crippen molar-refractivity contribution in [1.82, 2.24) is 19.8 Å². The zero-order valence-electron chi connectivity index (χ0n) is 13.9. The lowest BCUT2D eigenvalue weighted by molar-refractivity contribution is -0.133. The van der Waals surface area contributed by atoms with Crippen LogP contribution in [-0.2, 0) is 20.7 Å². The monoisotopic (exact) mass is 332 g/mol. The number of ether oxygens (including phenoxy) is 1. The summed E-state index contributed by atoms with van der Waals surface area (Å²) < 4.78 is 5.65. The Bertz CT molecular complexity index is 566. The second kappa shape index (κ2) is 8.19. The van der Waals surface area contributed by atoms with E-state index in [2.05, 4.69) is 9.97 Å². The molecule has 0 saturated carbocycles. The Morgan fingerprint density at radius 3 is 3.04 bits per heavy atom. The number of carbonyl (C=O) groups excluding carboxylic acids is 2. The fourth-order valence-electron chi connectivity index (χ4n) is 3.29. The van der Waals surface area contributed by atoms with Crippen molar-refractivity contribution in [3.8, 4) is 0 Å². The Labute approximate surface area is 142 Å². The number of rotatable bonds is 5. The minimum absolute atomic E-state index is 0.105. The molecule has 24 heavy (non-hydrogen) atoms. The second-order valence-corrected chi connectivity index (χ2v) is 6.42. The van der Waals surface area contributed by atoms with E-state index in [1.807, 2.05) is 11.0 Å². The molecular weight excluding hydrogens is 308 g/mol. The number of carbonyl (C=O) groups is 2. The molecule has 0 N–H and O–H groups in total. The van der Waals surface area contributed by atoms with E-state index in [0.717, 1.165) is 25.1 Å². The van der Waals surface area contributed by atoms with Crippen molar-refractivity contribution in [3.05, 3.63) is 24.3 Å². The third kappa shape index (κ3) is 4.50. The normalized spacial score (nSPS) is 21.8. The number of hydrogen-bond acceptors (Lipinski definition) is 5. The summed E-state index contributed by atoms with van der Waals surface area (Å²) in [5, 5.41) is 0. The largest absolute Gasteiger partial charge is 0.379 e. The molecule has 1 aromatic rings. The van der Waals surface area contributed by atoms with Gasteiger partial charge in [-0.05, 0) is 18.9 Å². The van der Waals surface area contributed by atoms with Crippen LogP contribution in [0.3, 0.4) is 0 Å². The van der Waals surface area contributed by atoms with Gasteiger partial charge in [-0.15, -0.1) is 0 Å². The summed E-state index contributed by atoms with van der Waals surface area (Å²) in [6, 6.07) is 1.90. The van der Waals surface area contributed by atoms with Crippen molar-refractivity contribution in [1.29, 1.82) is 0 Å². The Kier molecular flexibility index (Phi) is 5.74. The van der Waals surface area contributed by atoms with Crippen molar-refractivity contribution in [2.45, 2.75) is 25.7 Å². The fourth-order valence-corrected chi connectivity index (χ4v) is 3.29. The Morgan fingerprint density at radius 2 is 2.29 bits per heavy atom. The van der Waals surface area contributed by atoms with Crippen LogP contribution >= 0.6 is 0 Å². The van der Waals surface area contributed by atoms with Gasteiger partial charge in [0.1, 0.15) is 6.33 Å². The predicted molar refractivity (Wildman–Crippen MR) is 87.1 cm³/mol. The van der Waals surface area contributed by atoms with Crippen LogP contribution in [0.4, 0.5) is 0 Å². The predicted octanol–water partition coefficient (Wildman–Crippen LogP) is 0.507. The van der Waals surface area contributed by atoms with Crippen molar-refractivity contribution < 1.29 is 14.3 Å². The fraction of sp³-hybridized carbons (Fsp3) is 0.647. The van der Waals surface area contributed by atoms with E-state index in [9.17, 15) is 9.59 Å². The summed E-state index contributed by atoms with van der Waals surface area (Å²) in [6.45, 7) is 3.81. The molecule has 0 bridgehead atoms. The summed E-state index contributed by atoms with van der Waals surface area (Å²) in [5.41, 5.74) is 0.968. The number of aromatic nitrogens is 2. The van der Waals surface area contributed by atoms with Crippen LogP contribution in [0.2, 0.25) is 0 Å². The smallest absolute Gasteiger partial charge is 0.224 e. The highest BCUT2D eigenvalue weighted by atomic mass is 16.5. The highest BCUT2D eigenvalue weighted by Gasteiger charge is 2.25. The van der Waals surface area contributed by atoms with Crippen molar-refractivity contribution in [2.24, 2.45) is 5.92 Å². The molecule has 2 aliphatic heterocycles.